The van der Waals surface area contributed by atoms with E-state index < -0.39 is 0 Å². The summed E-state index contributed by atoms with van der Waals surface area (Å²) in [7, 11) is 0. The second-order valence-electron chi connectivity index (χ2n) is 19.4. The highest BCUT2D eigenvalue weighted by Gasteiger charge is 2.44. The highest BCUT2D eigenvalue weighted by Crippen LogP contribution is 2.56. The van der Waals surface area contributed by atoms with Gasteiger partial charge in [-0.15, -0.1) is 0 Å². The Morgan fingerprint density at radius 3 is 1.24 bits per heavy atom. The fraction of sp³-hybridized carbons (Fsp3) is 0.200. The lowest BCUT2D eigenvalue weighted by Gasteiger charge is -2.18. The standard InChI is InChI=1S/2C30H26FN3O2/c1-15-4-9-26(31)22(10-15)18-5-7-20-23(12-18)28-21-8-6-19(13-24(21)29(20)36-28)30(35)33-14-25-16(2)11-27(32)34-17(25)3;1-15-4-9-26(31)22(10-15)18-5-7-20-23(12-18)29-24-13-19(6-8-21(24)28(20)36-29)30(35)33-14-25-16(2)11-27(32)34-17(25)3/h2*4-13,28-29H,14H2,1-3H3,(H2,32,34)(H,33,35). The monoisotopic (exact) mass is 958 g/mol. The van der Waals surface area contributed by atoms with Crippen LogP contribution in [0.3, 0.4) is 0 Å². The molecule has 4 atom stereocenters. The number of benzene rings is 6. The van der Waals surface area contributed by atoms with Gasteiger partial charge >= 0.3 is 0 Å². The lowest BCUT2D eigenvalue weighted by Crippen LogP contribution is -2.24. The molecule has 4 unspecified atom stereocenters. The first kappa shape index (κ1) is 46.3. The first-order valence-electron chi connectivity index (χ1n) is 24.0. The van der Waals surface area contributed by atoms with E-state index in [1.165, 1.54) is 12.1 Å². The summed E-state index contributed by atoms with van der Waals surface area (Å²) in [5.41, 5.74) is 31.6. The van der Waals surface area contributed by atoms with Crippen LogP contribution in [-0.4, -0.2) is 21.8 Å². The first-order chi connectivity index (χ1) is 34.6. The summed E-state index contributed by atoms with van der Waals surface area (Å²) in [5.74, 6) is 0.160. The number of nitrogens with zero attached hydrogens (tertiary/aromatic N) is 2. The number of pyridine rings is 2. The van der Waals surface area contributed by atoms with Crippen molar-refractivity contribution < 1.29 is 27.8 Å². The van der Waals surface area contributed by atoms with Gasteiger partial charge in [-0.2, -0.15) is 0 Å². The maximum Gasteiger partial charge on any atom is 0.251 e. The van der Waals surface area contributed by atoms with Gasteiger partial charge in [0.1, 0.15) is 47.7 Å². The molecule has 2 aromatic heterocycles. The van der Waals surface area contributed by atoms with Crippen LogP contribution >= 0.6 is 0 Å². The molecule has 0 aliphatic carbocycles. The van der Waals surface area contributed by atoms with Crippen molar-refractivity contribution in [3.8, 4) is 22.3 Å². The van der Waals surface area contributed by atoms with Gasteiger partial charge in [0, 0.05) is 46.7 Å². The minimum Gasteiger partial charge on any atom is -0.384 e. The third-order valence-corrected chi connectivity index (χ3v) is 14.5. The van der Waals surface area contributed by atoms with Gasteiger partial charge in [0.2, 0.25) is 0 Å². The van der Waals surface area contributed by atoms with Crippen LogP contribution in [0.15, 0.2) is 121 Å². The molecule has 12 rings (SSSR count). The Balaban J connectivity index is 0.000000156. The van der Waals surface area contributed by atoms with E-state index in [-0.39, 0.29) is 47.9 Å². The van der Waals surface area contributed by atoms with E-state index in [0.717, 1.165) is 100 Å². The number of rotatable bonds is 8. The summed E-state index contributed by atoms with van der Waals surface area (Å²) in [6, 6.07) is 37.4. The van der Waals surface area contributed by atoms with Gasteiger partial charge in [-0.1, -0.05) is 59.7 Å². The van der Waals surface area contributed by atoms with Gasteiger partial charge in [-0.25, -0.2) is 18.7 Å². The molecule has 0 saturated carbocycles. The van der Waals surface area contributed by atoms with E-state index in [9.17, 15) is 18.4 Å². The Morgan fingerprint density at radius 2 is 0.833 bits per heavy atom. The zero-order valence-electron chi connectivity index (χ0n) is 40.7. The number of nitrogens with one attached hydrogen (secondary N) is 2. The normalized spacial score (nSPS) is 17.1. The van der Waals surface area contributed by atoms with Crippen molar-refractivity contribution in [2.75, 3.05) is 11.5 Å². The average molecular weight is 959 g/mol. The Bertz CT molecular complexity index is 3550. The van der Waals surface area contributed by atoms with Crippen molar-refractivity contribution in [3.05, 3.63) is 233 Å². The van der Waals surface area contributed by atoms with E-state index in [0.29, 0.717) is 47.0 Å². The molecule has 2 amide bonds. The van der Waals surface area contributed by atoms with E-state index in [2.05, 4.69) is 20.6 Å². The number of fused-ring (bicyclic) bond motifs is 16. The fourth-order valence-corrected chi connectivity index (χ4v) is 10.9. The summed E-state index contributed by atoms with van der Waals surface area (Å²) in [6.07, 6.45) is -0.878. The van der Waals surface area contributed by atoms with Gasteiger partial charge in [0.15, 0.2) is 0 Å². The van der Waals surface area contributed by atoms with E-state index >= 15 is 0 Å². The van der Waals surface area contributed by atoms with Crippen LogP contribution in [0.1, 0.15) is 134 Å². The largest absolute Gasteiger partial charge is 0.384 e. The molecule has 6 heterocycles. The number of hydrogen-bond donors (Lipinski definition) is 4. The van der Waals surface area contributed by atoms with Crippen LogP contribution in [0.25, 0.3) is 22.3 Å². The quantitative estimate of drug-likeness (QED) is 0.117. The number of aromatic nitrogens is 2. The lowest BCUT2D eigenvalue weighted by molar-refractivity contribution is 0.0856. The van der Waals surface area contributed by atoms with Gasteiger partial charge in [-0.3, -0.25) is 9.59 Å². The number of ether oxygens (including phenoxy) is 2. The van der Waals surface area contributed by atoms with Gasteiger partial charge in [-0.05, 0) is 192 Å². The van der Waals surface area contributed by atoms with Crippen molar-refractivity contribution in [2.24, 2.45) is 0 Å². The maximum absolute atomic E-state index is 14.6. The van der Waals surface area contributed by atoms with E-state index in [1.54, 1.807) is 12.1 Å². The summed E-state index contributed by atoms with van der Waals surface area (Å²) in [6.45, 7) is 12.4. The molecule has 4 bridgehead atoms. The number of carbonyl (C=O) groups excluding carboxylic acids is 2. The fourth-order valence-electron chi connectivity index (χ4n) is 10.9. The predicted molar refractivity (Wildman–Crippen MR) is 274 cm³/mol. The predicted octanol–water partition coefficient (Wildman–Crippen LogP) is 11.7. The number of halogens is 2. The Labute approximate surface area is 416 Å². The third kappa shape index (κ3) is 8.16. The molecular weight excluding hydrogens is 907 g/mol. The van der Waals surface area contributed by atoms with Crippen LogP contribution < -0.4 is 22.1 Å². The molecule has 12 heteroatoms. The summed E-state index contributed by atoms with van der Waals surface area (Å²) in [5, 5.41) is 6.02. The molecule has 10 nitrogen and oxygen atoms in total. The molecule has 6 aromatic carbocycles. The zero-order valence-corrected chi connectivity index (χ0v) is 40.7. The first-order valence-corrected chi connectivity index (χ1v) is 24.0. The molecule has 0 saturated heterocycles. The van der Waals surface area contributed by atoms with Gasteiger partial charge in [0.05, 0.1) is 0 Å². The molecule has 4 aliphatic rings. The van der Waals surface area contributed by atoms with Gasteiger partial charge < -0.3 is 31.6 Å². The molecule has 8 aromatic rings. The maximum atomic E-state index is 14.6. The number of nitrogens with two attached hydrogens (primary N) is 2. The Hall–Kier alpha value is -8.06. The number of hydrogen-bond acceptors (Lipinski definition) is 8. The van der Waals surface area contributed by atoms with Crippen molar-refractivity contribution in [2.45, 2.75) is 79.0 Å². The van der Waals surface area contributed by atoms with Crippen LogP contribution in [0.4, 0.5) is 20.4 Å². The van der Waals surface area contributed by atoms with Gasteiger partial charge in [0.25, 0.3) is 11.8 Å². The molecule has 0 radical (unpaired) electrons. The van der Waals surface area contributed by atoms with Crippen LogP contribution in [0.2, 0.25) is 0 Å². The van der Waals surface area contributed by atoms with E-state index in [1.807, 2.05) is 139 Å². The highest BCUT2D eigenvalue weighted by atomic mass is 19.1. The second kappa shape index (κ2) is 18.0. The number of carbonyl (C=O) groups is 2. The summed E-state index contributed by atoms with van der Waals surface area (Å²) < 4.78 is 41.7. The highest BCUT2D eigenvalue weighted by molar-refractivity contribution is 5.95. The topological polar surface area (TPSA) is 154 Å². The van der Waals surface area contributed by atoms with Crippen molar-refractivity contribution in [1.82, 2.24) is 20.6 Å². The van der Waals surface area contributed by atoms with Crippen molar-refractivity contribution in [3.63, 3.8) is 0 Å². The molecule has 0 fully saturated rings. The second-order valence-corrected chi connectivity index (χ2v) is 19.4. The molecule has 6 N–H and O–H groups in total. The average Bonchev–Trinajstić information content (AvgIpc) is 4.13. The van der Waals surface area contributed by atoms with Crippen LogP contribution in [0.5, 0.6) is 0 Å². The van der Waals surface area contributed by atoms with Crippen LogP contribution in [0, 0.1) is 53.2 Å². The molecule has 0 spiro atoms. The van der Waals surface area contributed by atoms with E-state index in [4.69, 9.17) is 20.9 Å². The molecule has 4 aliphatic heterocycles. The third-order valence-electron chi connectivity index (χ3n) is 14.5. The smallest absolute Gasteiger partial charge is 0.251 e. The molecular formula is C60H52F2N6O4. The summed E-state index contributed by atoms with van der Waals surface area (Å²) in [4.78, 5) is 34.6. The zero-order chi connectivity index (χ0) is 50.3. The molecule has 72 heavy (non-hydrogen) atoms. The Kier molecular flexibility index (Phi) is 11.6. The minimum absolute atomic E-state index is 0.151. The van der Waals surface area contributed by atoms with Crippen molar-refractivity contribution in [1.29, 1.82) is 0 Å². The van der Waals surface area contributed by atoms with Crippen molar-refractivity contribution >= 4 is 23.5 Å². The number of anilines is 2. The SMILES string of the molecule is Cc1ccc(F)c(-c2ccc3c(c2)C2OC3c3cc(C(=O)NCc4c(C)cc(N)nc4C)ccc32)c1.Cc1ccc(F)c(-c2ccc3c(c2)C2OC3c3ccc(C(=O)NCc4c(C)cc(N)nc4C)cc32)c1. The molecule has 360 valence electrons. The minimum atomic E-state index is -0.272. The van der Waals surface area contributed by atoms with Crippen LogP contribution in [-0.2, 0) is 22.6 Å². The number of nitrogen functional groups attached to an aromatic ring is 2. The number of aryl methyl sites for hydroxylation is 6. The Morgan fingerprint density at radius 1 is 0.472 bits per heavy atom. The summed E-state index contributed by atoms with van der Waals surface area (Å²) >= 11 is 0. The lowest BCUT2D eigenvalue weighted by atomic mass is 9.83. The number of amides is 2.